The number of methoxy groups -OCH3 is 1. The summed E-state index contributed by atoms with van der Waals surface area (Å²) in [5.74, 6) is -0.497. The second-order valence-corrected chi connectivity index (χ2v) is 5.75. The van der Waals surface area contributed by atoms with E-state index in [4.69, 9.17) is 9.15 Å². The lowest BCUT2D eigenvalue weighted by molar-refractivity contribution is -0.118. The molecule has 0 aliphatic carbocycles. The first-order valence-corrected chi connectivity index (χ1v) is 8.02. The van der Waals surface area contributed by atoms with Gasteiger partial charge in [0.05, 0.1) is 12.8 Å². The van der Waals surface area contributed by atoms with Crippen LogP contribution in [0.15, 0.2) is 57.9 Å². The molecule has 26 heavy (non-hydrogen) atoms. The molecule has 0 bridgehead atoms. The fourth-order valence-electron chi connectivity index (χ4n) is 2.56. The maximum absolute atomic E-state index is 12.5. The maximum Gasteiger partial charge on any atom is 0.263 e. The van der Waals surface area contributed by atoms with E-state index >= 15 is 0 Å². The van der Waals surface area contributed by atoms with E-state index in [1.807, 2.05) is 31.2 Å². The van der Waals surface area contributed by atoms with Crippen molar-refractivity contribution >= 4 is 28.5 Å². The molecule has 3 aromatic rings. The molecule has 0 spiro atoms. The van der Waals surface area contributed by atoms with Gasteiger partial charge in [-0.15, -0.1) is 0 Å². The number of imide groups is 1. The number of hydrogen-bond donors (Lipinski definition) is 1. The van der Waals surface area contributed by atoms with Crippen molar-refractivity contribution in [2.24, 2.45) is 4.99 Å². The van der Waals surface area contributed by atoms with Crippen LogP contribution in [0.3, 0.4) is 0 Å². The van der Waals surface area contributed by atoms with E-state index in [2.05, 4.69) is 10.3 Å². The Morgan fingerprint density at radius 2 is 1.88 bits per heavy atom. The standard InChI is InChI=1S/C20H18N2O4/c1-12-7-4-5-9-16(12)22-20-15(19(24)21-13(2)23)11-14-8-6-10-17(25-3)18(14)26-20/h4-11H,1-3H3,(H,21,23,24). The van der Waals surface area contributed by atoms with Gasteiger partial charge in [0.15, 0.2) is 11.3 Å². The van der Waals surface area contributed by atoms with E-state index in [0.29, 0.717) is 22.4 Å². The zero-order valence-electron chi connectivity index (χ0n) is 14.7. The molecule has 1 N–H and O–H groups in total. The van der Waals surface area contributed by atoms with Gasteiger partial charge in [0.25, 0.3) is 5.91 Å². The molecule has 1 heterocycles. The van der Waals surface area contributed by atoms with Crippen molar-refractivity contribution in [3.8, 4) is 5.75 Å². The normalized spacial score (nSPS) is 11.4. The number of amides is 2. The fourth-order valence-corrected chi connectivity index (χ4v) is 2.56. The Morgan fingerprint density at radius 1 is 1.12 bits per heavy atom. The zero-order chi connectivity index (χ0) is 18.7. The minimum atomic E-state index is -0.571. The molecule has 2 amide bonds. The highest BCUT2D eigenvalue weighted by Gasteiger charge is 2.15. The first-order valence-electron chi connectivity index (χ1n) is 8.02. The Hall–Kier alpha value is -3.41. The molecule has 6 nitrogen and oxygen atoms in total. The minimum absolute atomic E-state index is 0.107. The van der Waals surface area contributed by atoms with E-state index in [1.165, 1.54) is 6.92 Å². The van der Waals surface area contributed by atoms with E-state index in [1.54, 1.807) is 31.4 Å². The van der Waals surface area contributed by atoms with Gasteiger partial charge in [0, 0.05) is 12.3 Å². The molecule has 0 radical (unpaired) electrons. The van der Waals surface area contributed by atoms with Gasteiger partial charge in [-0.25, -0.2) is 4.99 Å². The molecule has 1 aromatic heterocycles. The van der Waals surface area contributed by atoms with Gasteiger partial charge in [0.2, 0.25) is 11.5 Å². The Bertz CT molecular complexity index is 1070. The zero-order valence-corrected chi connectivity index (χ0v) is 14.7. The van der Waals surface area contributed by atoms with Crippen molar-refractivity contribution in [3.63, 3.8) is 0 Å². The third kappa shape index (κ3) is 3.49. The van der Waals surface area contributed by atoms with Crippen LogP contribution < -0.4 is 15.6 Å². The Labute approximate surface area is 150 Å². The summed E-state index contributed by atoms with van der Waals surface area (Å²) in [5.41, 5.74) is 2.35. The fraction of sp³-hybridized carbons (Fsp3) is 0.150. The second-order valence-electron chi connectivity index (χ2n) is 5.75. The largest absolute Gasteiger partial charge is 0.493 e. The number of benzene rings is 2. The number of nitrogens with one attached hydrogen (secondary N) is 1. The SMILES string of the molecule is COc1cccc2cc(C(=O)NC(C)=O)c(=Nc3ccccc3C)oc12. The molecular weight excluding hydrogens is 332 g/mol. The number of hydrogen-bond acceptors (Lipinski definition) is 5. The summed E-state index contributed by atoms with van der Waals surface area (Å²) in [6, 6.07) is 14.5. The summed E-state index contributed by atoms with van der Waals surface area (Å²) in [7, 11) is 1.54. The van der Waals surface area contributed by atoms with E-state index < -0.39 is 11.8 Å². The van der Waals surface area contributed by atoms with Gasteiger partial charge in [-0.05, 0) is 30.7 Å². The first kappa shape index (κ1) is 17.4. The molecule has 0 fully saturated rings. The highest BCUT2D eigenvalue weighted by molar-refractivity contribution is 6.05. The Balaban J connectivity index is 2.31. The van der Waals surface area contributed by atoms with Crippen LogP contribution in [0.2, 0.25) is 0 Å². The van der Waals surface area contributed by atoms with Gasteiger partial charge >= 0.3 is 0 Å². The van der Waals surface area contributed by atoms with Crippen LogP contribution >= 0.6 is 0 Å². The monoisotopic (exact) mass is 350 g/mol. The third-order valence-electron chi connectivity index (χ3n) is 3.83. The van der Waals surface area contributed by atoms with Gasteiger partial charge in [-0.2, -0.15) is 0 Å². The number of ether oxygens (including phenoxy) is 1. The van der Waals surface area contributed by atoms with Gasteiger partial charge < -0.3 is 9.15 Å². The van der Waals surface area contributed by atoms with Crippen molar-refractivity contribution in [2.75, 3.05) is 7.11 Å². The average molecular weight is 350 g/mol. The summed E-state index contributed by atoms with van der Waals surface area (Å²) in [5, 5.41) is 2.93. The van der Waals surface area contributed by atoms with Gasteiger partial charge in [-0.3, -0.25) is 14.9 Å². The molecule has 132 valence electrons. The molecule has 0 atom stereocenters. The Morgan fingerprint density at radius 3 is 2.58 bits per heavy atom. The summed E-state index contributed by atoms with van der Waals surface area (Å²) in [6.07, 6.45) is 0. The molecular formula is C20H18N2O4. The number of rotatable bonds is 3. The molecule has 0 saturated heterocycles. The van der Waals surface area contributed by atoms with Gasteiger partial charge in [-0.1, -0.05) is 30.3 Å². The van der Waals surface area contributed by atoms with Crippen LogP contribution in [0.1, 0.15) is 22.8 Å². The van der Waals surface area contributed by atoms with Gasteiger partial charge in [0.1, 0.15) is 5.56 Å². The number of nitrogens with zero attached hydrogens (tertiary/aromatic N) is 1. The molecule has 0 unspecified atom stereocenters. The average Bonchev–Trinajstić information content (AvgIpc) is 2.62. The molecule has 0 saturated carbocycles. The van der Waals surface area contributed by atoms with Crippen LogP contribution in [0, 0.1) is 6.92 Å². The summed E-state index contributed by atoms with van der Waals surface area (Å²) >= 11 is 0. The number of carbonyl (C=O) groups excluding carboxylic acids is 2. The van der Waals surface area contributed by atoms with Crippen molar-refractivity contribution in [1.82, 2.24) is 5.32 Å². The van der Waals surface area contributed by atoms with Crippen molar-refractivity contribution in [3.05, 3.63) is 65.2 Å². The number of carbonyl (C=O) groups is 2. The lowest BCUT2D eigenvalue weighted by atomic mass is 10.1. The molecule has 0 aliphatic heterocycles. The molecule has 2 aromatic carbocycles. The highest BCUT2D eigenvalue weighted by Crippen LogP contribution is 2.25. The molecule has 6 heteroatoms. The highest BCUT2D eigenvalue weighted by atomic mass is 16.5. The van der Waals surface area contributed by atoms with E-state index in [0.717, 1.165) is 5.56 Å². The molecule has 0 aliphatic rings. The number of aryl methyl sites for hydroxylation is 1. The van der Waals surface area contributed by atoms with Crippen LogP contribution in [-0.2, 0) is 4.79 Å². The van der Waals surface area contributed by atoms with Crippen LogP contribution in [0.4, 0.5) is 5.69 Å². The number of fused-ring (bicyclic) bond motifs is 1. The predicted octanol–water partition coefficient (Wildman–Crippen LogP) is 3.26. The Kier molecular flexibility index (Phi) is 4.84. The predicted molar refractivity (Wildman–Crippen MR) is 97.3 cm³/mol. The van der Waals surface area contributed by atoms with Crippen LogP contribution in [0.5, 0.6) is 5.75 Å². The van der Waals surface area contributed by atoms with Crippen molar-refractivity contribution in [1.29, 1.82) is 0 Å². The van der Waals surface area contributed by atoms with Crippen molar-refractivity contribution in [2.45, 2.75) is 13.8 Å². The lowest BCUT2D eigenvalue weighted by Crippen LogP contribution is -2.32. The smallest absolute Gasteiger partial charge is 0.263 e. The van der Waals surface area contributed by atoms with E-state index in [9.17, 15) is 9.59 Å². The summed E-state index contributed by atoms with van der Waals surface area (Å²) < 4.78 is 11.2. The number of para-hydroxylation sites is 2. The quantitative estimate of drug-likeness (QED) is 0.786. The summed E-state index contributed by atoms with van der Waals surface area (Å²) in [6.45, 7) is 3.19. The maximum atomic E-state index is 12.5. The van der Waals surface area contributed by atoms with Crippen LogP contribution in [0.25, 0.3) is 11.0 Å². The lowest BCUT2D eigenvalue weighted by Gasteiger charge is -2.08. The van der Waals surface area contributed by atoms with Crippen LogP contribution in [-0.4, -0.2) is 18.9 Å². The minimum Gasteiger partial charge on any atom is -0.493 e. The van der Waals surface area contributed by atoms with Crippen molar-refractivity contribution < 1.29 is 18.7 Å². The topological polar surface area (TPSA) is 80.9 Å². The molecule has 3 rings (SSSR count). The third-order valence-corrected chi connectivity index (χ3v) is 3.83. The first-order chi connectivity index (χ1) is 12.5. The van der Waals surface area contributed by atoms with E-state index in [-0.39, 0.29) is 11.1 Å². The second kappa shape index (κ2) is 7.23. The summed E-state index contributed by atoms with van der Waals surface area (Å²) in [4.78, 5) is 28.3.